The molecule has 0 aliphatic heterocycles. The number of nitriles is 1. The summed E-state index contributed by atoms with van der Waals surface area (Å²) in [6.45, 7) is 6.93. The SMILES string of the molecule is Cc1ccc2c(C(=O)NC(C(=O)NCCCO)C(C)(C)C)nn(Cc3ccc(C#N)cc3F)c2c1F. The molecular formula is C26H29F2N5O3. The summed E-state index contributed by atoms with van der Waals surface area (Å²) < 4.78 is 31.0. The highest BCUT2D eigenvalue weighted by atomic mass is 19.1. The number of fused-ring (bicyclic) bond motifs is 1. The predicted molar refractivity (Wildman–Crippen MR) is 130 cm³/mol. The number of hydrogen-bond donors (Lipinski definition) is 3. The standard InChI is InChI=1S/C26H29F2N5O3/c1-15-6-9-18-21(24(35)31-23(26(2,3)4)25(36)30-10-5-11-34)32-33(22(18)20(15)28)14-17-8-7-16(13-29)12-19(17)27/h6-9,12,23,34H,5,10-11,14H2,1-4H3,(H,30,36)(H,31,35). The molecule has 0 radical (unpaired) electrons. The van der Waals surface area contributed by atoms with E-state index in [9.17, 15) is 14.0 Å². The molecule has 3 N–H and O–H groups in total. The highest BCUT2D eigenvalue weighted by molar-refractivity contribution is 6.06. The van der Waals surface area contributed by atoms with E-state index in [-0.39, 0.29) is 47.4 Å². The first-order chi connectivity index (χ1) is 17.0. The van der Waals surface area contributed by atoms with Crippen LogP contribution < -0.4 is 10.6 Å². The van der Waals surface area contributed by atoms with Gasteiger partial charge in [-0.3, -0.25) is 14.3 Å². The number of rotatable bonds is 8. The molecule has 0 aliphatic rings. The molecule has 3 aromatic rings. The molecule has 10 heteroatoms. The molecule has 0 fully saturated rings. The van der Waals surface area contributed by atoms with Gasteiger partial charge in [-0.25, -0.2) is 8.78 Å². The smallest absolute Gasteiger partial charge is 0.273 e. The quantitative estimate of drug-likeness (QED) is 0.413. The van der Waals surface area contributed by atoms with Gasteiger partial charge in [-0.15, -0.1) is 0 Å². The lowest BCUT2D eigenvalue weighted by Crippen LogP contribution is -2.53. The predicted octanol–water partition coefficient (Wildman–Crippen LogP) is 3.19. The number of aryl methyl sites for hydroxylation is 1. The first-order valence-corrected chi connectivity index (χ1v) is 11.5. The number of aliphatic hydroxyl groups is 1. The maximum absolute atomic E-state index is 15.2. The van der Waals surface area contributed by atoms with Crippen molar-refractivity contribution in [3.05, 3.63) is 64.4 Å². The number of nitrogens with zero attached hydrogens (tertiary/aromatic N) is 3. The number of benzene rings is 2. The lowest BCUT2D eigenvalue weighted by atomic mass is 9.86. The Morgan fingerprint density at radius 3 is 2.56 bits per heavy atom. The van der Waals surface area contributed by atoms with Crippen LogP contribution in [0.1, 0.15) is 54.4 Å². The van der Waals surface area contributed by atoms with Crippen molar-refractivity contribution in [2.24, 2.45) is 5.41 Å². The molecular weight excluding hydrogens is 468 g/mol. The Balaban J connectivity index is 2.01. The first-order valence-electron chi connectivity index (χ1n) is 11.5. The first kappa shape index (κ1) is 26.8. The molecule has 1 aromatic heterocycles. The number of carbonyl (C=O) groups excluding carboxylic acids is 2. The Labute approximate surface area is 207 Å². The fourth-order valence-corrected chi connectivity index (χ4v) is 3.79. The van der Waals surface area contributed by atoms with Gasteiger partial charge in [0.25, 0.3) is 5.91 Å². The molecule has 0 spiro atoms. The van der Waals surface area contributed by atoms with E-state index < -0.39 is 34.9 Å². The van der Waals surface area contributed by atoms with Crippen molar-refractivity contribution < 1.29 is 23.5 Å². The average Bonchev–Trinajstić information content (AvgIpc) is 3.19. The molecule has 1 heterocycles. The second-order valence-corrected chi connectivity index (χ2v) is 9.66. The van der Waals surface area contributed by atoms with E-state index in [4.69, 9.17) is 10.4 Å². The molecule has 1 atom stereocenters. The van der Waals surface area contributed by atoms with E-state index in [1.807, 2.05) is 6.07 Å². The third-order valence-electron chi connectivity index (χ3n) is 5.80. The summed E-state index contributed by atoms with van der Waals surface area (Å²) in [6.07, 6.45) is 0.371. The van der Waals surface area contributed by atoms with Gasteiger partial charge in [0.15, 0.2) is 11.5 Å². The van der Waals surface area contributed by atoms with Crippen molar-refractivity contribution >= 4 is 22.7 Å². The minimum Gasteiger partial charge on any atom is -0.396 e. The van der Waals surface area contributed by atoms with E-state index >= 15 is 4.39 Å². The molecule has 8 nitrogen and oxygen atoms in total. The minimum atomic E-state index is -0.935. The summed E-state index contributed by atoms with van der Waals surface area (Å²) in [5, 5.41) is 27.9. The number of amides is 2. The molecule has 1 unspecified atom stereocenters. The normalized spacial score (nSPS) is 12.3. The Bertz CT molecular complexity index is 1340. The number of nitrogens with one attached hydrogen (secondary N) is 2. The summed E-state index contributed by atoms with van der Waals surface area (Å²) in [4.78, 5) is 26.1. The van der Waals surface area contributed by atoms with Crippen molar-refractivity contribution in [2.75, 3.05) is 13.2 Å². The van der Waals surface area contributed by atoms with E-state index in [1.165, 1.54) is 22.9 Å². The van der Waals surface area contributed by atoms with Crippen molar-refractivity contribution in [1.29, 1.82) is 5.26 Å². The highest BCUT2D eigenvalue weighted by Gasteiger charge is 2.34. The number of halogens is 2. The van der Waals surface area contributed by atoms with Gasteiger partial charge >= 0.3 is 0 Å². The Morgan fingerprint density at radius 1 is 1.22 bits per heavy atom. The van der Waals surface area contributed by atoms with Crippen LogP contribution in [0.15, 0.2) is 30.3 Å². The Kier molecular flexibility index (Phi) is 8.05. The van der Waals surface area contributed by atoms with Crippen LogP contribution in [0.5, 0.6) is 0 Å². The van der Waals surface area contributed by atoms with Gasteiger partial charge in [-0.1, -0.05) is 32.9 Å². The molecule has 2 amide bonds. The zero-order chi connectivity index (χ0) is 26.6. The minimum absolute atomic E-state index is 0.0311. The Hall–Kier alpha value is -3.84. The van der Waals surface area contributed by atoms with Crippen molar-refractivity contribution in [1.82, 2.24) is 20.4 Å². The lowest BCUT2D eigenvalue weighted by molar-refractivity contribution is -0.125. The van der Waals surface area contributed by atoms with E-state index in [0.29, 0.717) is 12.0 Å². The average molecular weight is 498 g/mol. The maximum atomic E-state index is 15.2. The molecule has 2 aromatic carbocycles. The number of hydrogen-bond acceptors (Lipinski definition) is 5. The van der Waals surface area contributed by atoms with Crippen molar-refractivity contribution in [3.63, 3.8) is 0 Å². The molecule has 36 heavy (non-hydrogen) atoms. The van der Waals surface area contributed by atoms with Crippen LogP contribution in [-0.4, -0.2) is 45.9 Å². The molecule has 190 valence electrons. The van der Waals surface area contributed by atoms with Crippen LogP contribution in [0.4, 0.5) is 8.78 Å². The third-order valence-corrected chi connectivity index (χ3v) is 5.80. The van der Waals surface area contributed by atoms with Gasteiger partial charge in [0.2, 0.25) is 5.91 Å². The van der Waals surface area contributed by atoms with E-state index in [1.54, 1.807) is 33.8 Å². The van der Waals surface area contributed by atoms with E-state index in [0.717, 1.165) is 6.07 Å². The topological polar surface area (TPSA) is 120 Å². The van der Waals surface area contributed by atoms with Gasteiger partial charge in [0, 0.05) is 24.1 Å². The van der Waals surface area contributed by atoms with Crippen molar-refractivity contribution in [3.8, 4) is 6.07 Å². The number of carbonyl (C=O) groups is 2. The number of aliphatic hydroxyl groups excluding tert-OH is 1. The highest BCUT2D eigenvalue weighted by Crippen LogP contribution is 2.27. The van der Waals surface area contributed by atoms with Gasteiger partial charge in [-0.2, -0.15) is 10.4 Å². The lowest BCUT2D eigenvalue weighted by Gasteiger charge is -2.30. The monoisotopic (exact) mass is 497 g/mol. The molecule has 0 saturated carbocycles. The zero-order valence-corrected chi connectivity index (χ0v) is 20.7. The molecule has 0 aliphatic carbocycles. The van der Waals surface area contributed by atoms with Gasteiger partial charge in [0.1, 0.15) is 17.4 Å². The fraction of sp³-hybridized carbons (Fsp3) is 0.385. The fourth-order valence-electron chi connectivity index (χ4n) is 3.79. The van der Waals surface area contributed by atoms with Gasteiger partial charge < -0.3 is 15.7 Å². The van der Waals surface area contributed by atoms with E-state index in [2.05, 4.69) is 15.7 Å². The Morgan fingerprint density at radius 2 is 1.94 bits per heavy atom. The molecule has 3 rings (SSSR count). The zero-order valence-electron chi connectivity index (χ0n) is 20.7. The summed E-state index contributed by atoms with van der Waals surface area (Å²) in [6, 6.07) is 7.96. The second-order valence-electron chi connectivity index (χ2n) is 9.66. The van der Waals surface area contributed by atoms with Crippen LogP contribution >= 0.6 is 0 Å². The van der Waals surface area contributed by atoms with Crippen LogP contribution in [-0.2, 0) is 11.3 Å². The van der Waals surface area contributed by atoms with Gasteiger partial charge in [0.05, 0.1) is 18.2 Å². The number of aromatic nitrogens is 2. The summed E-state index contributed by atoms with van der Waals surface area (Å²) in [5.41, 5.74) is -0.0907. The summed E-state index contributed by atoms with van der Waals surface area (Å²) in [5.74, 6) is -2.35. The molecule has 0 saturated heterocycles. The van der Waals surface area contributed by atoms with Crippen LogP contribution in [0.3, 0.4) is 0 Å². The largest absolute Gasteiger partial charge is 0.396 e. The van der Waals surface area contributed by atoms with Crippen LogP contribution in [0, 0.1) is 35.3 Å². The molecule has 0 bridgehead atoms. The van der Waals surface area contributed by atoms with Crippen LogP contribution in [0.2, 0.25) is 0 Å². The van der Waals surface area contributed by atoms with Crippen LogP contribution in [0.25, 0.3) is 10.9 Å². The maximum Gasteiger partial charge on any atom is 0.273 e. The summed E-state index contributed by atoms with van der Waals surface area (Å²) >= 11 is 0. The van der Waals surface area contributed by atoms with Crippen molar-refractivity contribution in [2.45, 2.75) is 46.7 Å². The second kappa shape index (κ2) is 10.8. The third kappa shape index (κ3) is 5.69. The van der Waals surface area contributed by atoms with Gasteiger partial charge in [-0.05, 0) is 42.5 Å². The summed E-state index contributed by atoms with van der Waals surface area (Å²) in [7, 11) is 0.